The summed E-state index contributed by atoms with van der Waals surface area (Å²) < 4.78 is 4.89. The molecule has 1 aliphatic carbocycles. The van der Waals surface area contributed by atoms with E-state index in [0.29, 0.717) is 24.8 Å². The molecule has 1 saturated carbocycles. The fourth-order valence-electron chi connectivity index (χ4n) is 2.24. The number of nitrogens with one attached hydrogen (secondary N) is 1. The van der Waals surface area contributed by atoms with Crippen LogP contribution >= 0.6 is 11.8 Å². The van der Waals surface area contributed by atoms with Crippen LogP contribution in [0.25, 0.3) is 0 Å². The van der Waals surface area contributed by atoms with Crippen molar-refractivity contribution in [2.75, 3.05) is 32.6 Å². The lowest BCUT2D eigenvalue weighted by molar-refractivity contribution is -0.148. The number of ether oxygens (including phenoxy) is 1. The summed E-state index contributed by atoms with van der Waals surface area (Å²) in [6.07, 6.45) is 2.20. The summed E-state index contributed by atoms with van der Waals surface area (Å²) >= 11 is 1.60. The third-order valence-electron chi connectivity index (χ3n) is 3.39. The molecule has 0 aromatic heterocycles. The quantitative estimate of drug-likeness (QED) is 0.641. The van der Waals surface area contributed by atoms with E-state index in [1.165, 1.54) is 0 Å². The first-order valence-electron chi connectivity index (χ1n) is 6.50. The number of rotatable bonds is 7. The van der Waals surface area contributed by atoms with Gasteiger partial charge in [0.1, 0.15) is 6.04 Å². The van der Waals surface area contributed by atoms with Gasteiger partial charge in [-0.3, -0.25) is 4.79 Å². The fourth-order valence-corrected chi connectivity index (χ4v) is 3.89. The second kappa shape index (κ2) is 6.58. The molecule has 1 amide bonds. The standard InChI is InChI=1S/C12H20N2O4S/c1-18-5-4-13-6-10(15)14-9(12(16)17)7-19-11(14)8-2-3-8/h8-9,11,13H,2-7H2,1H3,(H,16,17). The number of nitrogens with zero attached hydrogens (tertiary/aromatic N) is 1. The number of amides is 1. The Morgan fingerprint density at radius 1 is 1.47 bits per heavy atom. The van der Waals surface area contributed by atoms with Gasteiger partial charge in [0, 0.05) is 19.4 Å². The van der Waals surface area contributed by atoms with E-state index in [2.05, 4.69) is 5.32 Å². The van der Waals surface area contributed by atoms with Crippen LogP contribution in [0.3, 0.4) is 0 Å². The van der Waals surface area contributed by atoms with Crippen molar-refractivity contribution in [1.82, 2.24) is 10.2 Å². The Kier molecular flexibility index (Phi) is 5.06. The molecule has 0 aromatic rings. The number of methoxy groups -OCH3 is 1. The van der Waals surface area contributed by atoms with Gasteiger partial charge in [-0.2, -0.15) is 0 Å². The topological polar surface area (TPSA) is 78.9 Å². The molecule has 0 radical (unpaired) electrons. The molecule has 2 aliphatic rings. The number of carboxylic acid groups (broad SMARTS) is 1. The zero-order valence-corrected chi connectivity index (χ0v) is 11.8. The van der Waals surface area contributed by atoms with Gasteiger partial charge in [-0.25, -0.2) is 4.79 Å². The molecule has 19 heavy (non-hydrogen) atoms. The minimum Gasteiger partial charge on any atom is -0.480 e. The molecule has 1 aliphatic heterocycles. The number of hydrogen-bond donors (Lipinski definition) is 2. The van der Waals surface area contributed by atoms with Gasteiger partial charge < -0.3 is 20.1 Å². The first-order chi connectivity index (χ1) is 9.15. The third-order valence-corrected chi connectivity index (χ3v) is 4.85. The lowest BCUT2D eigenvalue weighted by atomic mass is 10.2. The highest BCUT2D eigenvalue weighted by Gasteiger charge is 2.47. The minimum absolute atomic E-state index is 0.0535. The van der Waals surface area contributed by atoms with Crippen molar-refractivity contribution in [2.24, 2.45) is 5.92 Å². The van der Waals surface area contributed by atoms with Crippen molar-refractivity contribution in [2.45, 2.75) is 24.3 Å². The molecule has 2 fully saturated rings. The zero-order valence-electron chi connectivity index (χ0n) is 11.0. The van der Waals surface area contributed by atoms with Crippen LogP contribution in [0.2, 0.25) is 0 Å². The van der Waals surface area contributed by atoms with E-state index < -0.39 is 12.0 Å². The summed E-state index contributed by atoms with van der Waals surface area (Å²) in [5, 5.41) is 12.3. The number of hydrogen-bond acceptors (Lipinski definition) is 5. The fraction of sp³-hybridized carbons (Fsp3) is 0.833. The van der Waals surface area contributed by atoms with Crippen LogP contribution in [0.1, 0.15) is 12.8 Å². The maximum absolute atomic E-state index is 12.2. The first kappa shape index (κ1) is 14.6. The average Bonchev–Trinajstić information content (AvgIpc) is 3.12. The second-order valence-corrected chi connectivity index (χ2v) is 6.04. The van der Waals surface area contributed by atoms with Crippen LogP contribution in [0.5, 0.6) is 0 Å². The maximum atomic E-state index is 12.2. The van der Waals surface area contributed by atoms with Crippen LogP contribution in [0, 0.1) is 5.92 Å². The second-order valence-electron chi connectivity index (χ2n) is 4.89. The summed E-state index contributed by atoms with van der Waals surface area (Å²) in [6, 6.07) is -0.674. The van der Waals surface area contributed by atoms with Crippen LogP contribution < -0.4 is 5.32 Å². The molecule has 0 spiro atoms. The van der Waals surface area contributed by atoms with Crippen LogP contribution in [-0.2, 0) is 14.3 Å². The lowest BCUT2D eigenvalue weighted by Crippen LogP contribution is -2.49. The Labute approximate surface area is 116 Å². The summed E-state index contributed by atoms with van der Waals surface area (Å²) in [7, 11) is 1.60. The van der Waals surface area contributed by atoms with E-state index in [1.54, 1.807) is 23.8 Å². The van der Waals surface area contributed by atoms with E-state index in [9.17, 15) is 14.7 Å². The minimum atomic E-state index is -0.902. The Hall–Kier alpha value is -0.790. The Bertz CT molecular complexity index is 349. The predicted octanol–water partition coefficient (Wildman–Crippen LogP) is -0.0129. The molecular formula is C12H20N2O4S. The van der Waals surface area contributed by atoms with Gasteiger partial charge in [-0.05, 0) is 18.8 Å². The highest BCUT2D eigenvalue weighted by Crippen LogP contribution is 2.45. The van der Waals surface area contributed by atoms with Crippen LogP contribution in [0.15, 0.2) is 0 Å². The van der Waals surface area contributed by atoms with Gasteiger partial charge in [-0.15, -0.1) is 11.8 Å². The number of carboxylic acids is 1. The van der Waals surface area contributed by atoms with Gasteiger partial charge in [0.15, 0.2) is 0 Å². The highest BCUT2D eigenvalue weighted by molar-refractivity contribution is 8.00. The molecule has 108 valence electrons. The van der Waals surface area contributed by atoms with Crippen molar-refractivity contribution in [1.29, 1.82) is 0 Å². The molecule has 0 bridgehead atoms. The monoisotopic (exact) mass is 288 g/mol. The smallest absolute Gasteiger partial charge is 0.327 e. The van der Waals surface area contributed by atoms with E-state index in [1.807, 2.05) is 0 Å². The lowest BCUT2D eigenvalue weighted by Gasteiger charge is -2.27. The molecule has 1 saturated heterocycles. The van der Waals surface area contributed by atoms with Gasteiger partial charge in [0.05, 0.1) is 18.5 Å². The van der Waals surface area contributed by atoms with Gasteiger partial charge in [0.25, 0.3) is 0 Å². The van der Waals surface area contributed by atoms with Crippen LogP contribution in [-0.4, -0.2) is 65.9 Å². The van der Waals surface area contributed by atoms with Crippen molar-refractivity contribution in [3.8, 4) is 0 Å². The summed E-state index contributed by atoms with van der Waals surface area (Å²) in [5.41, 5.74) is 0. The van der Waals surface area contributed by atoms with Crippen molar-refractivity contribution in [3.63, 3.8) is 0 Å². The molecule has 2 rings (SSSR count). The number of carbonyl (C=O) groups excluding carboxylic acids is 1. The molecule has 2 N–H and O–H groups in total. The van der Waals surface area contributed by atoms with Crippen LogP contribution in [0.4, 0.5) is 0 Å². The van der Waals surface area contributed by atoms with Gasteiger partial charge >= 0.3 is 5.97 Å². The summed E-state index contributed by atoms with van der Waals surface area (Å²) in [6.45, 7) is 1.31. The summed E-state index contributed by atoms with van der Waals surface area (Å²) in [5.74, 6) is -0.0381. The number of carbonyl (C=O) groups is 2. The summed E-state index contributed by atoms with van der Waals surface area (Å²) in [4.78, 5) is 25.0. The zero-order chi connectivity index (χ0) is 13.8. The van der Waals surface area contributed by atoms with Crippen molar-refractivity contribution in [3.05, 3.63) is 0 Å². The highest BCUT2D eigenvalue weighted by atomic mass is 32.2. The SMILES string of the molecule is COCCNCC(=O)N1C(C(=O)O)CSC1C1CC1. The Morgan fingerprint density at radius 3 is 2.79 bits per heavy atom. The molecule has 2 unspecified atom stereocenters. The Morgan fingerprint density at radius 2 is 2.21 bits per heavy atom. The Balaban J connectivity index is 1.91. The number of thioether (sulfide) groups is 1. The normalized spacial score (nSPS) is 26.7. The third kappa shape index (κ3) is 3.61. The van der Waals surface area contributed by atoms with Gasteiger partial charge in [-0.1, -0.05) is 0 Å². The molecular weight excluding hydrogens is 268 g/mol. The average molecular weight is 288 g/mol. The van der Waals surface area contributed by atoms with E-state index in [4.69, 9.17) is 4.74 Å². The molecule has 7 heteroatoms. The predicted molar refractivity (Wildman–Crippen MR) is 72.0 cm³/mol. The van der Waals surface area contributed by atoms with E-state index >= 15 is 0 Å². The van der Waals surface area contributed by atoms with Crippen molar-refractivity contribution >= 4 is 23.6 Å². The molecule has 1 heterocycles. The largest absolute Gasteiger partial charge is 0.480 e. The van der Waals surface area contributed by atoms with E-state index in [-0.39, 0.29) is 17.8 Å². The van der Waals surface area contributed by atoms with Gasteiger partial charge in [0.2, 0.25) is 5.91 Å². The van der Waals surface area contributed by atoms with E-state index in [0.717, 1.165) is 12.8 Å². The molecule has 6 nitrogen and oxygen atoms in total. The first-order valence-corrected chi connectivity index (χ1v) is 7.55. The molecule has 0 aromatic carbocycles. The van der Waals surface area contributed by atoms with Crippen molar-refractivity contribution < 1.29 is 19.4 Å². The molecule has 2 atom stereocenters. The maximum Gasteiger partial charge on any atom is 0.327 e. The number of aliphatic carboxylic acids is 1.